The molecule has 0 aromatic rings. The number of Topliss-reactive ketones (excluding diaryl/α,β-unsaturated/α-hetero) is 1. The van der Waals surface area contributed by atoms with Gasteiger partial charge < -0.3 is 4.74 Å². The third-order valence-corrected chi connectivity index (χ3v) is 4.81. The molecule has 22 heavy (non-hydrogen) atoms. The van der Waals surface area contributed by atoms with Gasteiger partial charge in [0.25, 0.3) is 0 Å². The molecule has 1 heterocycles. The molecule has 2 rings (SSSR count). The van der Waals surface area contributed by atoms with Crippen LogP contribution in [0.2, 0.25) is 0 Å². The molecule has 0 saturated carbocycles. The summed E-state index contributed by atoms with van der Waals surface area (Å²) in [6, 6.07) is -0.231. The molecule has 1 aliphatic heterocycles. The summed E-state index contributed by atoms with van der Waals surface area (Å²) in [5.74, 6) is 0.696. The third-order valence-electron chi connectivity index (χ3n) is 4.81. The summed E-state index contributed by atoms with van der Waals surface area (Å²) in [7, 11) is 0. The summed E-state index contributed by atoms with van der Waals surface area (Å²) in [6.45, 7) is 9.96. The number of allylic oxidation sites excluding steroid dienone is 1. The van der Waals surface area contributed by atoms with E-state index in [9.17, 15) is 9.59 Å². The first kappa shape index (κ1) is 17.2. The molecular weight excluding hydrogens is 278 g/mol. The van der Waals surface area contributed by atoms with Crippen molar-refractivity contribution in [1.82, 2.24) is 4.90 Å². The van der Waals surface area contributed by atoms with Gasteiger partial charge in [0, 0.05) is 24.9 Å². The van der Waals surface area contributed by atoms with Crippen molar-refractivity contribution in [2.75, 3.05) is 19.7 Å². The first-order valence-electron chi connectivity index (χ1n) is 8.65. The van der Waals surface area contributed by atoms with Crippen LogP contribution in [-0.2, 0) is 14.3 Å². The summed E-state index contributed by atoms with van der Waals surface area (Å²) >= 11 is 0. The number of unbranched alkanes of at least 4 members (excludes halogenated alkanes) is 1. The molecule has 0 radical (unpaired) electrons. The number of ketones is 1. The standard InChI is InChI=1S/C18H29NO3/c1-5-7-8-13-9-14-10-19(11-15(14)17(13)20)16(12(3)4)18(21)22-6-2/h9,12,14-16H,5-8,10-11H2,1-4H3/t14?,15?,16-/m0/s1. The predicted molar refractivity (Wildman–Crippen MR) is 86.4 cm³/mol. The molecule has 0 aromatic heterocycles. The quantitative estimate of drug-likeness (QED) is 0.679. The number of fused-ring (bicyclic) bond motifs is 1. The second-order valence-corrected chi connectivity index (χ2v) is 6.82. The van der Waals surface area contributed by atoms with E-state index in [1.807, 2.05) is 20.8 Å². The van der Waals surface area contributed by atoms with E-state index in [2.05, 4.69) is 17.9 Å². The summed E-state index contributed by atoms with van der Waals surface area (Å²) < 4.78 is 5.22. The predicted octanol–water partition coefficient (Wildman–Crippen LogP) is 2.82. The first-order valence-corrected chi connectivity index (χ1v) is 8.65. The van der Waals surface area contributed by atoms with E-state index < -0.39 is 0 Å². The van der Waals surface area contributed by atoms with E-state index in [1.165, 1.54) is 0 Å². The van der Waals surface area contributed by atoms with Crippen molar-refractivity contribution in [3.05, 3.63) is 11.6 Å². The molecule has 3 atom stereocenters. The van der Waals surface area contributed by atoms with Gasteiger partial charge in [0.1, 0.15) is 6.04 Å². The zero-order chi connectivity index (χ0) is 16.3. The Morgan fingerprint density at radius 3 is 2.64 bits per heavy atom. The van der Waals surface area contributed by atoms with Crippen LogP contribution in [0.1, 0.15) is 47.0 Å². The van der Waals surface area contributed by atoms with Crippen LogP contribution in [0, 0.1) is 17.8 Å². The molecule has 124 valence electrons. The second kappa shape index (κ2) is 7.40. The van der Waals surface area contributed by atoms with E-state index in [4.69, 9.17) is 4.74 Å². The van der Waals surface area contributed by atoms with Gasteiger partial charge in [-0.1, -0.05) is 33.3 Å². The average molecular weight is 307 g/mol. The van der Waals surface area contributed by atoms with Crippen LogP contribution in [0.5, 0.6) is 0 Å². The minimum atomic E-state index is -0.231. The summed E-state index contributed by atoms with van der Waals surface area (Å²) in [5.41, 5.74) is 1.02. The lowest BCUT2D eigenvalue weighted by atomic mass is 9.97. The Morgan fingerprint density at radius 1 is 1.36 bits per heavy atom. The number of carbonyl (C=O) groups excluding carboxylic acids is 2. The van der Waals surface area contributed by atoms with E-state index in [-0.39, 0.29) is 29.8 Å². The van der Waals surface area contributed by atoms with Crippen LogP contribution in [-0.4, -0.2) is 42.4 Å². The third kappa shape index (κ3) is 3.43. The first-order chi connectivity index (χ1) is 10.5. The largest absolute Gasteiger partial charge is 0.465 e. The smallest absolute Gasteiger partial charge is 0.323 e. The average Bonchev–Trinajstić information content (AvgIpc) is 2.97. The van der Waals surface area contributed by atoms with E-state index in [0.717, 1.165) is 31.4 Å². The summed E-state index contributed by atoms with van der Waals surface area (Å²) in [4.78, 5) is 26.9. The Morgan fingerprint density at radius 2 is 2.09 bits per heavy atom. The Labute approximate surface area is 133 Å². The van der Waals surface area contributed by atoms with Crippen molar-refractivity contribution < 1.29 is 14.3 Å². The van der Waals surface area contributed by atoms with Gasteiger partial charge >= 0.3 is 5.97 Å². The zero-order valence-corrected chi connectivity index (χ0v) is 14.3. The number of esters is 1. The summed E-state index contributed by atoms with van der Waals surface area (Å²) in [6.07, 6.45) is 5.28. The van der Waals surface area contributed by atoms with Crippen LogP contribution in [0.3, 0.4) is 0 Å². The summed E-state index contributed by atoms with van der Waals surface area (Å²) in [5, 5.41) is 0. The van der Waals surface area contributed by atoms with Gasteiger partial charge in [-0.25, -0.2) is 0 Å². The highest BCUT2D eigenvalue weighted by Gasteiger charge is 2.46. The van der Waals surface area contributed by atoms with Crippen molar-refractivity contribution in [1.29, 1.82) is 0 Å². The number of ether oxygens (including phenoxy) is 1. The Balaban J connectivity index is 2.05. The minimum absolute atomic E-state index is 0.0579. The monoisotopic (exact) mass is 307 g/mol. The van der Waals surface area contributed by atoms with Gasteiger partial charge in [0.2, 0.25) is 0 Å². The van der Waals surface area contributed by atoms with Gasteiger partial charge in [0.05, 0.1) is 6.61 Å². The van der Waals surface area contributed by atoms with Gasteiger partial charge in [-0.2, -0.15) is 0 Å². The van der Waals surface area contributed by atoms with Crippen LogP contribution < -0.4 is 0 Å². The van der Waals surface area contributed by atoms with Gasteiger partial charge in [-0.15, -0.1) is 0 Å². The lowest BCUT2D eigenvalue weighted by Crippen LogP contribution is -2.45. The van der Waals surface area contributed by atoms with Crippen LogP contribution in [0.15, 0.2) is 11.6 Å². The molecule has 0 N–H and O–H groups in total. The van der Waals surface area contributed by atoms with E-state index >= 15 is 0 Å². The minimum Gasteiger partial charge on any atom is -0.465 e. The van der Waals surface area contributed by atoms with E-state index in [0.29, 0.717) is 18.9 Å². The molecule has 1 saturated heterocycles. The molecule has 4 nitrogen and oxygen atoms in total. The molecule has 1 fully saturated rings. The number of rotatable bonds is 7. The molecule has 4 heteroatoms. The highest BCUT2D eigenvalue weighted by Crippen LogP contribution is 2.37. The molecular formula is C18H29NO3. The van der Waals surface area contributed by atoms with Gasteiger partial charge in [-0.3, -0.25) is 14.5 Å². The fraction of sp³-hybridized carbons (Fsp3) is 0.778. The molecule has 2 unspecified atom stereocenters. The maximum Gasteiger partial charge on any atom is 0.323 e. The Hall–Kier alpha value is -1.16. The van der Waals surface area contributed by atoms with Crippen molar-refractivity contribution in [3.63, 3.8) is 0 Å². The van der Waals surface area contributed by atoms with Crippen molar-refractivity contribution in [2.45, 2.75) is 53.0 Å². The van der Waals surface area contributed by atoms with Gasteiger partial charge in [0.15, 0.2) is 5.78 Å². The SMILES string of the molecule is CCCCC1=CC2CN([C@H](C(=O)OCC)C(C)C)CC2C1=O. The number of carbonyl (C=O) groups is 2. The highest BCUT2D eigenvalue weighted by molar-refractivity contribution is 6.00. The highest BCUT2D eigenvalue weighted by atomic mass is 16.5. The Bertz CT molecular complexity index is 455. The maximum absolute atomic E-state index is 12.5. The normalized spacial score (nSPS) is 26.2. The molecule has 0 bridgehead atoms. The lowest BCUT2D eigenvalue weighted by molar-refractivity contribution is -0.151. The maximum atomic E-state index is 12.5. The fourth-order valence-electron chi connectivity index (χ4n) is 3.76. The number of hydrogen-bond acceptors (Lipinski definition) is 4. The lowest BCUT2D eigenvalue weighted by Gasteiger charge is -2.29. The number of hydrogen-bond donors (Lipinski definition) is 0. The topological polar surface area (TPSA) is 46.6 Å². The molecule has 2 aliphatic rings. The van der Waals surface area contributed by atoms with Crippen molar-refractivity contribution in [2.24, 2.45) is 17.8 Å². The molecule has 0 aromatic carbocycles. The zero-order valence-electron chi connectivity index (χ0n) is 14.3. The van der Waals surface area contributed by atoms with E-state index in [1.54, 1.807) is 0 Å². The fourth-order valence-corrected chi connectivity index (χ4v) is 3.76. The Kier molecular flexibility index (Phi) is 5.79. The van der Waals surface area contributed by atoms with Gasteiger partial charge in [-0.05, 0) is 31.3 Å². The molecule has 0 spiro atoms. The number of likely N-dealkylation sites (tertiary alicyclic amines) is 1. The van der Waals surface area contributed by atoms with Crippen LogP contribution >= 0.6 is 0 Å². The molecule has 0 amide bonds. The van der Waals surface area contributed by atoms with Crippen molar-refractivity contribution in [3.8, 4) is 0 Å². The van der Waals surface area contributed by atoms with Crippen LogP contribution in [0.4, 0.5) is 0 Å². The van der Waals surface area contributed by atoms with Crippen LogP contribution in [0.25, 0.3) is 0 Å². The second-order valence-electron chi connectivity index (χ2n) is 6.82. The van der Waals surface area contributed by atoms with Crippen molar-refractivity contribution >= 4 is 11.8 Å². The molecule has 1 aliphatic carbocycles. The number of nitrogens with zero attached hydrogens (tertiary/aromatic N) is 1.